The zero-order chi connectivity index (χ0) is 14.7. The summed E-state index contributed by atoms with van der Waals surface area (Å²) in [6.45, 7) is 3.79. The second kappa shape index (κ2) is 6.07. The average Bonchev–Trinajstić information content (AvgIpc) is 2.42. The highest BCUT2D eigenvalue weighted by Gasteiger charge is 2.09. The van der Waals surface area contributed by atoms with Gasteiger partial charge in [-0.25, -0.2) is 9.07 Å². The smallest absolute Gasteiger partial charge is 0.287 e. The van der Waals surface area contributed by atoms with Crippen molar-refractivity contribution in [1.82, 2.24) is 9.78 Å². The molecule has 1 N–H and O–H groups in total. The van der Waals surface area contributed by atoms with Crippen molar-refractivity contribution in [3.05, 3.63) is 63.3 Å². The van der Waals surface area contributed by atoms with Crippen LogP contribution in [0.5, 0.6) is 0 Å². The van der Waals surface area contributed by atoms with Gasteiger partial charge in [0.1, 0.15) is 10.8 Å². The Morgan fingerprint density at radius 2 is 2.20 bits per heavy atom. The van der Waals surface area contributed by atoms with Crippen LogP contribution in [0.15, 0.2) is 41.8 Å². The Kier molecular flexibility index (Phi) is 4.42. The van der Waals surface area contributed by atoms with Gasteiger partial charge in [-0.05, 0) is 18.2 Å². The van der Waals surface area contributed by atoms with E-state index < -0.39 is 11.4 Å². The summed E-state index contributed by atoms with van der Waals surface area (Å²) in [5.41, 5.74) is 0.380. The van der Waals surface area contributed by atoms with E-state index in [0.717, 1.165) is 0 Å². The fraction of sp³-hybridized carbons (Fsp3) is 0.0769. The SMILES string of the molecule is C=CCn1ncc(Nc2ccc(F)c(Cl)c2)c(Cl)c1=O. The third-order valence-electron chi connectivity index (χ3n) is 2.49. The summed E-state index contributed by atoms with van der Waals surface area (Å²) in [6, 6.07) is 4.08. The molecule has 0 fully saturated rings. The lowest BCUT2D eigenvalue weighted by molar-refractivity contribution is 0.628. The molecule has 4 nitrogen and oxygen atoms in total. The van der Waals surface area contributed by atoms with Crippen LogP contribution in [0.2, 0.25) is 10.0 Å². The Labute approximate surface area is 124 Å². The van der Waals surface area contributed by atoms with Crippen molar-refractivity contribution in [2.24, 2.45) is 0 Å². The molecule has 0 aliphatic carbocycles. The van der Waals surface area contributed by atoms with E-state index in [0.29, 0.717) is 11.4 Å². The molecule has 0 atom stereocenters. The number of rotatable bonds is 4. The van der Waals surface area contributed by atoms with Gasteiger partial charge in [-0.15, -0.1) is 6.58 Å². The van der Waals surface area contributed by atoms with E-state index in [1.807, 2.05) is 0 Å². The van der Waals surface area contributed by atoms with Crippen molar-refractivity contribution in [1.29, 1.82) is 0 Å². The first kappa shape index (κ1) is 14.6. The molecule has 0 spiro atoms. The minimum Gasteiger partial charge on any atom is -0.353 e. The number of nitrogens with one attached hydrogen (secondary N) is 1. The van der Waals surface area contributed by atoms with Crippen LogP contribution in [-0.4, -0.2) is 9.78 Å². The Morgan fingerprint density at radius 3 is 2.85 bits per heavy atom. The molecule has 0 aliphatic heterocycles. The zero-order valence-electron chi connectivity index (χ0n) is 10.2. The third-order valence-corrected chi connectivity index (χ3v) is 3.14. The summed E-state index contributed by atoms with van der Waals surface area (Å²) in [6.07, 6.45) is 2.95. The minimum atomic E-state index is -0.525. The predicted octanol–water partition coefficient (Wildman–Crippen LogP) is 3.62. The number of hydrogen-bond acceptors (Lipinski definition) is 3. The third kappa shape index (κ3) is 3.00. The number of allylic oxidation sites excluding steroid dienone is 1. The molecule has 1 aromatic carbocycles. The molecular formula is C13H10Cl2FN3O. The lowest BCUT2D eigenvalue weighted by Gasteiger charge is -2.09. The summed E-state index contributed by atoms with van der Waals surface area (Å²) in [5, 5.41) is 6.77. The normalized spacial score (nSPS) is 10.3. The first-order valence-corrected chi connectivity index (χ1v) is 6.37. The molecule has 1 aromatic heterocycles. The Hall–Kier alpha value is -1.85. The van der Waals surface area contributed by atoms with Crippen molar-refractivity contribution in [3.63, 3.8) is 0 Å². The van der Waals surface area contributed by atoms with Gasteiger partial charge in [-0.3, -0.25) is 4.79 Å². The molecule has 2 aromatic rings. The molecule has 2 rings (SSSR count). The van der Waals surface area contributed by atoms with Crippen LogP contribution in [0.25, 0.3) is 0 Å². The number of nitrogens with zero attached hydrogens (tertiary/aromatic N) is 2. The van der Waals surface area contributed by atoms with Crippen molar-refractivity contribution in [2.75, 3.05) is 5.32 Å². The lowest BCUT2D eigenvalue weighted by Crippen LogP contribution is -2.23. The number of aromatic nitrogens is 2. The molecule has 0 unspecified atom stereocenters. The van der Waals surface area contributed by atoms with Gasteiger partial charge in [0.15, 0.2) is 0 Å². The van der Waals surface area contributed by atoms with Gasteiger partial charge >= 0.3 is 0 Å². The second-order valence-electron chi connectivity index (χ2n) is 3.90. The van der Waals surface area contributed by atoms with Crippen LogP contribution in [0.4, 0.5) is 15.8 Å². The fourth-order valence-corrected chi connectivity index (χ4v) is 1.91. The van der Waals surface area contributed by atoms with Crippen molar-refractivity contribution < 1.29 is 4.39 Å². The van der Waals surface area contributed by atoms with Gasteiger partial charge in [0.2, 0.25) is 0 Å². The van der Waals surface area contributed by atoms with Gasteiger partial charge in [-0.1, -0.05) is 29.3 Å². The first-order chi connectivity index (χ1) is 9.52. The topological polar surface area (TPSA) is 46.9 Å². The molecular weight excluding hydrogens is 304 g/mol. The zero-order valence-corrected chi connectivity index (χ0v) is 11.7. The fourth-order valence-electron chi connectivity index (χ4n) is 1.53. The predicted molar refractivity (Wildman–Crippen MR) is 78.4 cm³/mol. The summed E-state index contributed by atoms with van der Waals surface area (Å²) in [7, 11) is 0. The van der Waals surface area contributed by atoms with Crippen LogP contribution in [-0.2, 0) is 6.54 Å². The van der Waals surface area contributed by atoms with Crippen molar-refractivity contribution in [3.8, 4) is 0 Å². The average molecular weight is 314 g/mol. The van der Waals surface area contributed by atoms with Crippen LogP contribution in [0.1, 0.15) is 0 Å². The summed E-state index contributed by atoms with van der Waals surface area (Å²) in [4.78, 5) is 11.9. The van der Waals surface area contributed by atoms with Gasteiger partial charge in [-0.2, -0.15) is 5.10 Å². The number of halogens is 3. The molecule has 1 heterocycles. The Balaban J connectivity index is 2.34. The molecule has 104 valence electrons. The summed E-state index contributed by atoms with van der Waals surface area (Å²) in [5.74, 6) is -0.525. The highest BCUT2D eigenvalue weighted by atomic mass is 35.5. The van der Waals surface area contributed by atoms with E-state index in [4.69, 9.17) is 23.2 Å². The summed E-state index contributed by atoms with van der Waals surface area (Å²) < 4.78 is 14.2. The van der Waals surface area contributed by atoms with Gasteiger partial charge in [0, 0.05) is 5.69 Å². The molecule has 7 heteroatoms. The Morgan fingerprint density at radius 1 is 1.45 bits per heavy atom. The quantitative estimate of drug-likeness (QED) is 0.877. The van der Waals surface area contributed by atoms with E-state index in [-0.39, 0.29) is 16.6 Å². The number of anilines is 2. The van der Waals surface area contributed by atoms with E-state index in [2.05, 4.69) is 17.0 Å². The molecule has 20 heavy (non-hydrogen) atoms. The molecule has 0 saturated heterocycles. The molecule has 0 saturated carbocycles. The van der Waals surface area contributed by atoms with Gasteiger partial charge in [0.05, 0.1) is 23.5 Å². The second-order valence-corrected chi connectivity index (χ2v) is 4.69. The van der Waals surface area contributed by atoms with Crippen LogP contribution >= 0.6 is 23.2 Å². The maximum Gasteiger partial charge on any atom is 0.287 e. The summed E-state index contributed by atoms with van der Waals surface area (Å²) >= 11 is 11.7. The molecule has 0 aliphatic rings. The van der Waals surface area contributed by atoms with E-state index >= 15 is 0 Å². The number of hydrogen-bond donors (Lipinski definition) is 1. The Bertz CT molecular complexity index is 715. The highest BCUT2D eigenvalue weighted by molar-refractivity contribution is 6.33. The molecule has 0 amide bonds. The first-order valence-electron chi connectivity index (χ1n) is 5.61. The minimum absolute atomic E-state index is 0.0118. The number of benzene rings is 1. The van der Waals surface area contributed by atoms with Crippen molar-refractivity contribution >= 4 is 34.6 Å². The van der Waals surface area contributed by atoms with Crippen LogP contribution in [0, 0.1) is 5.82 Å². The largest absolute Gasteiger partial charge is 0.353 e. The standard InChI is InChI=1S/C13H10Cl2FN3O/c1-2-5-19-13(20)12(15)11(7-17-19)18-8-3-4-10(16)9(14)6-8/h2-4,6-7,18H,1,5H2. The highest BCUT2D eigenvalue weighted by Crippen LogP contribution is 2.25. The van der Waals surface area contributed by atoms with Gasteiger partial charge < -0.3 is 5.32 Å². The van der Waals surface area contributed by atoms with E-state index in [9.17, 15) is 9.18 Å². The molecule has 0 bridgehead atoms. The maximum absolute atomic E-state index is 13.1. The van der Waals surface area contributed by atoms with E-state index in [1.165, 1.54) is 35.2 Å². The van der Waals surface area contributed by atoms with E-state index in [1.54, 1.807) is 0 Å². The van der Waals surface area contributed by atoms with Gasteiger partial charge in [0.25, 0.3) is 5.56 Å². The maximum atomic E-state index is 13.1. The van der Waals surface area contributed by atoms with Crippen molar-refractivity contribution in [2.45, 2.75) is 6.54 Å². The monoisotopic (exact) mass is 313 g/mol. The van der Waals surface area contributed by atoms with Crippen LogP contribution in [0.3, 0.4) is 0 Å². The lowest BCUT2D eigenvalue weighted by atomic mass is 10.3. The molecule has 0 radical (unpaired) electrons. The van der Waals surface area contributed by atoms with Crippen LogP contribution < -0.4 is 10.9 Å².